The number of unbranched alkanes of at least 4 members (excludes halogenated alkanes) is 15. The van der Waals surface area contributed by atoms with Crippen molar-refractivity contribution in [3.8, 4) is 0 Å². The molecule has 0 aliphatic carbocycles. The second kappa shape index (κ2) is 22.0. The molecule has 0 spiro atoms. The van der Waals surface area contributed by atoms with Crippen molar-refractivity contribution >= 4 is 0 Å². The second-order valence-electron chi connectivity index (χ2n) is 7.64. The molecule has 2 heteroatoms. The number of methoxy groups -OCH3 is 1. The molecule has 0 saturated heterocycles. The Balaban J connectivity index is 3.03. The molecule has 0 fully saturated rings. The zero-order chi connectivity index (χ0) is 18.4. The Labute approximate surface area is 159 Å². The van der Waals surface area contributed by atoms with Gasteiger partial charge in [-0.15, -0.1) is 0 Å². The van der Waals surface area contributed by atoms with Crippen LogP contribution < -0.4 is 0 Å². The molecule has 0 bridgehead atoms. The van der Waals surface area contributed by atoms with E-state index in [4.69, 9.17) is 9.47 Å². The fourth-order valence-corrected chi connectivity index (χ4v) is 3.32. The van der Waals surface area contributed by atoms with Gasteiger partial charge in [-0.05, 0) is 12.8 Å². The van der Waals surface area contributed by atoms with Gasteiger partial charge in [0.1, 0.15) is 0 Å². The standard InChI is InChI=1S/C23H48O2/c1-4-6-7-8-9-10-11-12-13-14-15-16-17-18-19-20-21-25-22-23(5-2)24-3/h23H,4-22H2,1-3H3. The number of hydrogen-bond donors (Lipinski definition) is 0. The smallest absolute Gasteiger partial charge is 0.0802 e. The Bertz CT molecular complexity index is 226. The van der Waals surface area contributed by atoms with E-state index >= 15 is 0 Å². The van der Waals surface area contributed by atoms with Crippen LogP contribution in [0.5, 0.6) is 0 Å². The van der Waals surface area contributed by atoms with Gasteiger partial charge in [-0.2, -0.15) is 0 Å². The molecule has 0 aromatic carbocycles. The van der Waals surface area contributed by atoms with Crippen molar-refractivity contribution in [2.75, 3.05) is 20.3 Å². The molecule has 152 valence electrons. The first-order valence-corrected chi connectivity index (χ1v) is 11.5. The van der Waals surface area contributed by atoms with E-state index in [-0.39, 0.29) is 6.10 Å². The van der Waals surface area contributed by atoms with Crippen LogP contribution >= 0.6 is 0 Å². The molecular formula is C23H48O2. The van der Waals surface area contributed by atoms with Gasteiger partial charge in [-0.25, -0.2) is 0 Å². The first-order chi connectivity index (χ1) is 12.3. The monoisotopic (exact) mass is 356 g/mol. The number of rotatable bonds is 21. The van der Waals surface area contributed by atoms with Crippen LogP contribution in [0.2, 0.25) is 0 Å². The van der Waals surface area contributed by atoms with Crippen molar-refractivity contribution in [1.82, 2.24) is 0 Å². The topological polar surface area (TPSA) is 18.5 Å². The van der Waals surface area contributed by atoms with E-state index in [9.17, 15) is 0 Å². The molecule has 0 saturated carbocycles. The quantitative estimate of drug-likeness (QED) is 0.196. The fraction of sp³-hybridized carbons (Fsp3) is 1.00. The van der Waals surface area contributed by atoms with Crippen molar-refractivity contribution in [3.05, 3.63) is 0 Å². The molecule has 0 aliphatic heterocycles. The maximum atomic E-state index is 5.67. The molecule has 0 radical (unpaired) electrons. The van der Waals surface area contributed by atoms with Crippen LogP contribution in [0.3, 0.4) is 0 Å². The highest BCUT2D eigenvalue weighted by Crippen LogP contribution is 2.13. The first kappa shape index (κ1) is 24.9. The largest absolute Gasteiger partial charge is 0.379 e. The second-order valence-corrected chi connectivity index (χ2v) is 7.64. The molecule has 1 unspecified atom stereocenters. The number of ether oxygens (including phenoxy) is 2. The Morgan fingerprint density at radius 2 is 0.960 bits per heavy atom. The van der Waals surface area contributed by atoms with E-state index in [1.165, 1.54) is 103 Å². The molecule has 25 heavy (non-hydrogen) atoms. The Kier molecular flexibility index (Phi) is 21.9. The number of hydrogen-bond acceptors (Lipinski definition) is 2. The molecular weight excluding hydrogens is 308 g/mol. The molecule has 0 rings (SSSR count). The fourth-order valence-electron chi connectivity index (χ4n) is 3.32. The van der Waals surface area contributed by atoms with E-state index in [2.05, 4.69) is 13.8 Å². The van der Waals surface area contributed by atoms with E-state index in [1.54, 1.807) is 7.11 Å². The summed E-state index contributed by atoms with van der Waals surface area (Å²) in [6.07, 6.45) is 24.0. The normalized spacial score (nSPS) is 12.6. The summed E-state index contributed by atoms with van der Waals surface area (Å²) >= 11 is 0. The van der Waals surface area contributed by atoms with Gasteiger partial charge in [0, 0.05) is 13.7 Å². The summed E-state index contributed by atoms with van der Waals surface area (Å²) in [7, 11) is 1.77. The predicted molar refractivity (Wildman–Crippen MR) is 111 cm³/mol. The highest BCUT2D eigenvalue weighted by atomic mass is 16.5. The average Bonchev–Trinajstić information content (AvgIpc) is 2.64. The van der Waals surface area contributed by atoms with Gasteiger partial charge in [-0.1, -0.05) is 110 Å². The van der Waals surface area contributed by atoms with E-state index < -0.39 is 0 Å². The summed E-state index contributed by atoms with van der Waals surface area (Å²) < 4.78 is 11.0. The minimum Gasteiger partial charge on any atom is -0.379 e. The van der Waals surface area contributed by atoms with Crippen LogP contribution in [0.25, 0.3) is 0 Å². The summed E-state index contributed by atoms with van der Waals surface area (Å²) in [6.45, 7) is 6.09. The summed E-state index contributed by atoms with van der Waals surface area (Å²) in [4.78, 5) is 0. The van der Waals surface area contributed by atoms with Crippen molar-refractivity contribution in [2.45, 2.75) is 129 Å². The SMILES string of the molecule is CCCCCCCCCCCCCCCCCCOCC(CC)OC. The van der Waals surface area contributed by atoms with Crippen molar-refractivity contribution in [2.24, 2.45) is 0 Å². The Morgan fingerprint density at radius 1 is 0.560 bits per heavy atom. The van der Waals surface area contributed by atoms with Crippen LogP contribution in [-0.2, 0) is 9.47 Å². The van der Waals surface area contributed by atoms with Crippen molar-refractivity contribution in [1.29, 1.82) is 0 Å². The zero-order valence-electron chi connectivity index (χ0n) is 17.8. The molecule has 0 aromatic heterocycles. The molecule has 1 atom stereocenters. The summed E-state index contributed by atoms with van der Waals surface area (Å²) in [5, 5.41) is 0. The van der Waals surface area contributed by atoms with Gasteiger partial charge < -0.3 is 9.47 Å². The van der Waals surface area contributed by atoms with E-state index in [0.29, 0.717) is 0 Å². The zero-order valence-corrected chi connectivity index (χ0v) is 17.8. The lowest BCUT2D eigenvalue weighted by molar-refractivity contribution is 0.00584. The minimum absolute atomic E-state index is 0.279. The maximum Gasteiger partial charge on any atom is 0.0802 e. The summed E-state index contributed by atoms with van der Waals surface area (Å²) in [6, 6.07) is 0. The predicted octanol–water partition coefficient (Wildman–Crippen LogP) is 7.69. The van der Waals surface area contributed by atoms with Gasteiger partial charge >= 0.3 is 0 Å². The van der Waals surface area contributed by atoms with E-state index in [0.717, 1.165) is 19.6 Å². The maximum absolute atomic E-state index is 5.67. The van der Waals surface area contributed by atoms with Crippen LogP contribution in [0.1, 0.15) is 123 Å². The van der Waals surface area contributed by atoms with Crippen LogP contribution in [0, 0.1) is 0 Å². The Morgan fingerprint density at radius 3 is 1.32 bits per heavy atom. The highest BCUT2D eigenvalue weighted by Gasteiger charge is 2.03. The van der Waals surface area contributed by atoms with Gasteiger partial charge in [0.15, 0.2) is 0 Å². The lowest BCUT2D eigenvalue weighted by Gasteiger charge is -2.12. The molecule has 2 nitrogen and oxygen atoms in total. The van der Waals surface area contributed by atoms with Crippen LogP contribution in [0.15, 0.2) is 0 Å². The lowest BCUT2D eigenvalue weighted by Crippen LogP contribution is -2.17. The third-order valence-electron chi connectivity index (χ3n) is 5.23. The minimum atomic E-state index is 0.279. The van der Waals surface area contributed by atoms with Crippen molar-refractivity contribution < 1.29 is 9.47 Å². The molecule has 0 amide bonds. The van der Waals surface area contributed by atoms with Crippen LogP contribution in [-0.4, -0.2) is 26.4 Å². The van der Waals surface area contributed by atoms with Gasteiger partial charge in [-0.3, -0.25) is 0 Å². The van der Waals surface area contributed by atoms with E-state index in [1.807, 2.05) is 0 Å². The van der Waals surface area contributed by atoms with Crippen LogP contribution in [0.4, 0.5) is 0 Å². The summed E-state index contributed by atoms with van der Waals surface area (Å²) in [5.74, 6) is 0. The highest BCUT2D eigenvalue weighted by molar-refractivity contribution is 4.52. The third-order valence-corrected chi connectivity index (χ3v) is 5.23. The Hall–Kier alpha value is -0.0800. The first-order valence-electron chi connectivity index (χ1n) is 11.5. The molecule has 0 aliphatic rings. The lowest BCUT2D eigenvalue weighted by atomic mass is 10.0. The van der Waals surface area contributed by atoms with Gasteiger partial charge in [0.25, 0.3) is 0 Å². The summed E-state index contributed by atoms with van der Waals surface area (Å²) in [5.41, 5.74) is 0. The van der Waals surface area contributed by atoms with Crippen molar-refractivity contribution in [3.63, 3.8) is 0 Å². The van der Waals surface area contributed by atoms with Gasteiger partial charge in [0.05, 0.1) is 12.7 Å². The average molecular weight is 357 g/mol. The van der Waals surface area contributed by atoms with Gasteiger partial charge in [0.2, 0.25) is 0 Å². The molecule has 0 N–H and O–H groups in total. The molecule has 0 heterocycles. The third kappa shape index (κ3) is 20.1. The molecule has 0 aromatic rings.